The molecule has 0 unspecified atom stereocenters. The highest BCUT2D eigenvalue weighted by Gasteiger charge is 2.54. The van der Waals surface area contributed by atoms with Gasteiger partial charge in [0, 0.05) is 17.7 Å². The van der Waals surface area contributed by atoms with Crippen molar-refractivity contribution in [2.24, 2.45) is 0 Å². The van der Waals surface area contributed by atoms with E-state index in [2.05, 4.69) is 0 Å². The molecule has 14 N–H and O–H groups in total. The minimum absolute atomic E-state index is 0.314. The van der Waals surface area contributed by atoms with Crippen LogP contribution in [0.4, 0.5) is 0 Å². The summed E-state index contributed by atoms with van der Waals surface area (Å²) in [6, 6.07) is 3.47. The Bertz CT molecular complexity index is 1880. The fourth-order valence-electron chi connectivity index (χ4n) is 6.47. The molecule has 0 bridgehead atoms. The zero-order valence-corrected chi connectivity index (χ0v) is 28.4. The van der Waals surface area contributed by atoms with Crippen molar-refractivity contribution >= 4 is 11.0 Å². The predicted octanol–water partition coefficient (Wildman–Crippen LogP) is -4.16. The van der Waals surface area contributed by atoms with E-state index in [0.29, 0.717) is 0 Å². The molecule has 6 rings (SSSR count). The summed E-state index contributed by atoms with van der Waals surface area (Å²) in [5.41, 5.74) is -1.89. The molecule has 0 radical (unpaired) electrons. The Morgan fingerprint density at radius 3 is 1.82 bits per heavy atom. The van der Waals surface area contributed by atoms with Crippen LogP contribution in [0, 0.1) is 0 Å². The fourth-order valence-corrected chi connectivity index (χ4v) is 6.47. The molecule has 3 aliphatic rings. The second-order valence-corrected chi connectivity index (χ2v) is 13.2. The predicted molar refractivity (Wildman–Crippen MR) is 174 cm³/mol. The van der Waals surface area contributed by atoms with Crippen molar-refractivity contribution in [2.45, 2.75) is 99.0 Å². The third-order valence-electron chi connectivity index (χ3n) is 9.52. The molecule has 304 valence electrons. The number of fused-ring (bicyclic) bond motifs is 1. The van der Waals surface area contributed by atoms with Gasteiger partial charge in [-0.05, 0) is 19.1 Å². The van der Waals surface area contributed by atoms with E-state index in [1.54, 1.807) is 0 Å². The SMILES string of the molecule is C[C@@H]1O[C@@H](Oc2c(-c3cc(O)c(O)c(O)c3)oc3cc(O)cc(O)c3c2=O)[C@H](O[C@@H]2O[C@H](CO)[C@H](O)[C@H](O[C@@H]3O[C@H](CO)[C@H](O)[C@H](O)[C@H]3O)[C@H]2O)[C@H](O)[C@H]1O. The molecule has 15 atom stereocenters. The molecule has 1 aromatic heterocycles. The lowest BCUT2D eigenvalue weighted by Crippen LogP contribution is -2.66. The van der Waals surface area contributed by atoms with Crippen molar-refractivity contribution in [1.29, 1.82) is 0 Å². The number of aromatic hydroxyl groups is 5. The molecule has 0 aliphatic carbocycles. The van der Waals surface area contributed by atoms with Gasteiger partial charge in [-0.3, -0.25) is 4.79 Å². The standard InChI is InChI=1S/C33H40O22/c1-8-18(40)24(46)30(55-32-26(48)28(21(43)16(7-35)52-32)53-31-25(47)23(45)20(42)15(6-34)51-31)33(49-8)54-29-22(44)17-11(37)4-10(36)5-14(17)50-27(29)9-2-12(38)19(41)13(39)3-9/h2-5,8,15-16,18,20-21,23-26,28,30-43,45-48H,6-7H2,1H3/t8-,15+,16+,18-,20-,21-,23-,24+,25+,26+,28-,30+,31-,32-,33-/m0/s1. The van der Waals surface area contributed by atoms with E-state index in [9.17, 15) is 76.3 Å². The van der Waals surface area contributed by atoms with Gasteiger partial charge in [-0.1, -0.05) is 0 Å². The number of benzene rings is 2. The summed E-state index contributed by atoms with van der Waals surface area (Å²) in [7, 11) is 0. The molecule has 3 saturated heterocycles. The maximum atomic E-state index is 14.0. The average molecular weight is 789 g/mol. The maximum Gasteiger partial charge on any atom is 0.239 e. The van der Waals surface area contributed by atoms with Crippen LogP contribution in [-0.2, 0) is 23.7 Å². The highest BCUT2D eigenvalue weighted by atomic mass is 16.8. The number of hydrogen-bond acceptors (Lipinski definition) is 22. The highest BCUT2D eigenvalue weighted by molar-refractivity contribution is 5.88. The van der Waals surface area contributed by atoms with E-state index >= 15 is 0 Å². The molecule has 4 heterocycles. The highest BCUT2D eigenvalue weighted by Crippen LogP contribution is 2.43. The van der Waals surface area contributed by atoms with Crippen LogP contribution in [0.3, 0.4) is 0 Å². The van der Waals surface area contributed by atoms with E-state index in [4.69, 9.17) is 32.8 Å². The van der Waals surface area contributed by atoms with Crippen LogP contribution in [0.5, 0.6) is 34.5 Å². The second-order valence-electron chi connectivity index (χ2n) is 13.2. The molecular weight excluding hydrogens is 748 g/mol. The number of aliphatic hydroxyl groups is 9. The van der Waals surface area contributed by atoms with Gasteiger partial charge in [-0.2, -0.15) is 0 Å². The van der Waals surface area contributed by atoms with Crippen molar-refractivity contribution < 1.29 is 104 Å². The van der Waals surface area contributed by atoms with Crippen LogP contribution >= 0.6 is 0 Å². The first-order valence-electron chi connectivity index (χ1n) is 16.7. The van der Waals surface area contributed by atoms with Gasteiger partial charge in [0.05, 0.1) is 19.3 Å². The van der Waals surface area contributed by atoms with Crippen LogP contribution in [-0.4, -0.2) is 177 Å². The van der Waals surface area contributed by atoms with Gasteiger partial charge in [0.2, 0.25) is 17.5 Å². The Morgan fingerprint density at radius 1 is 0.618 bits per heavy atom. The summed E-state index contributed by atoms with van der Waals surface area (Å²) < 4.78 is 39.7. The number of aliphatic hydroxyl groups excluding tert-OH is 9. The lowest BCUT2D eigenvalue weighted by Gasteiger charge is -2.48. The first-order chi connectivity index (χ1) is 26.0. The Morgan fingerprint density at radius 2 is 1.20 bits per heavy atom. The second kappa shape index (κ2) is 15.8. The Kier molecular flexibility index (Phi) is 11.6. The first-order valence-corrected chi connectivity index (χ1v) is 16.7. The van der Waals surface area contributed by atoms with Gasteiger partial charge in [0.25, 0.3) is 0 Å². The number of rotatable bonds is 9. The number of phenols is 5. The number of hydrogen-bond donors (Lipinski definition) is 14. The van der Waals surface area contributed by atoms with Crippen molar-refractivity contribution in [1.82, 2.24) is 0 Å². The van der Waals surface area contributed by atoms with Crippen molar-refractivity contribution in [2.75, 3.05) is 13.2 Å². The van der Waals surface area contributed by atoms with Gasteiger partial charge < -0.3 is 104 Å². The van der Waals surface area contributed by atoms with Crippen LogP contribution in [0.25, 0.3) is 22.3 Å². The maximum absolute atomic E-state index is 14.0. The Balaban J connectivity index is 1.37. The summed E-state index contributed by atoms with van der Waals surface area (Å²) in [5, 5.41) is 145. The van der Waals surface area contributed by atoms with Crippen molar-refractivity contribution in [3.05, 3.63) is 34.5 Å². The van der Waals surface area contributed by atoms with E-state index in [1.165, 1.54) is 6.92 Å². The molecule has 55 heavy (non-hydrogen) atoms. The molecule has 3 fully saturated rings. The van der Waals surface area contributed by atoms with Crippen molar-refractivity contribution in [3.63, 3.8) is 0 Å². The molecule has 3 aliphatic heterocycles. The van der Waals surface area contributed by atoms with E-state index < -0.39 is 162 Å². The van der Waals surface area contributed by atoms with Crippen LogP contribution in [0.15, 0.2) is 33.5 Å². The lowest BCUT2D eigenvalue weighted by atomic mass is 9.96. The Labute approximate surface area is 307 Å². The average Bonchev–Trinajstić information content (AvgIpc) is 3.14. The van der Waals surface area contributed by atoms with E-state index in [1.807, 2.05) is 0 Å². The lowest BCUT2D eigenvalue weighted by molar-refractivity contribution is -0.379. The van der Waals surface area contributed by atoms with E-state index in [0.717, 1.165) is 24.3 Å². The summed E-state index contributed by atoms with van der Waals surface area (Å²) in [6.45, 7) is -0.493. The smallest absolute Gasteiger partial charge is 0.239 e. The molecular formula is C33H40O22. The zero-order valence-electron chi connectivity index (χ0n) is 28.4. The van der Waals surface area contributed by atoms with Gasteiger partial charge in [-0.15, -0.1) is 0 Å². The largest absolute Gasteiger partial charge is 0.508 e. The van der Waals surface area contributed by atoms with E-state index in [-0.39, 0.29) is 5.56 Å². The summed E-state index contributed by atoms with van der Waals surface area (Å²) in [4.78, 5) is 14.0. The molecule has 0 saturated carbocycles. The first kappa shape index (κ1) is 40.6. The van der Waals surface area contributed by atoms with Crippen LogP contribution in [0.1, 0.15) is 6.92 Å². The third kappa shape index (κ3) is 7.45. The minimum atomic E-state index is -2.12. The molecule has 3 aromatic rings. The zero-order chi connectivity index (χ0) is 40.2. The molecule has 22 heteroatoms. The topological polar surface area (TPSA) is 369 Å². The monoisotopic (exact) mass is 788 g/mol. The summed E-state index contributed by atoms with van der Waals surface area (Å²) in [5.74, 6) is -5.46. The fraction of sp³-hybridized carbons (Fsp3) is 0.545. The van der Waals surface area contributed by atoms with Gasteiger partial charge in [-0.25, -0.2) is 0 Å². The molecule has 22 nitrogen and oxygen atoms in total. The van der Waals surface area contributed by atoms with Crippen LogP contribution < -0.4 is 10.2 Å². The quantitative estimate of drug-likeness (QED) is 0.0915. The normalized spacial score (nSPS) is 36.9. The molecule has 0 spiro atoms. The summed E-state index contributed by atoms with van der Waals surface area (Å²) in [6.07, 6.45) is -27.5. The molecule has 2 aromatic carbocycles. The minimum Gasteiger partial charge on any atom is -0.508 e. The third-order valence-corrected chi connectivity index (χ3v) is 9.52. The van der Waals surface area contributed by atoms with Gasteiger partial charge in [0.15, 0.2) is 41.7 Å². The van der Waals surface area contributed by atoms with Crippen molar-refractivity contribution in [3.8, 4) is 45.8 Å². The van der Waals surface area contributed by atoms with Crippen LogP contribution in [0.2, 0.25) is 0 Å². The molecule has 0 amide bonds. The summed E-state index contributed by atoms with van der Waals surface area (Å²) >= 11 is 0. The van der Waals surface area contributed by atoms with Gasteiger partial charge in [0.1, 0.15) is 83.5 Å². The number of phenolic OH excluding ortho intramolecular Hbond substituents is 5. The van der Waals surface area contributed by atoms with Gasteiger partial charge >= 0.3 is 0 Å². The number of ether oxygens (including phenoxy) is 6. The Hall–Kier alpha value is -4.11.